The Labute approximate surface area is 201 Å². The molecule has 0 bridgehead atoms. The van der Waals surface area contributed by atoms with Gasteiger partial charge >= 0.3 is 6.03 Å². The average molecular weight is 465 g/mol. The van der Waals surface area contributed by atoms with Crippen molar-refractivity contribution in [2.24, 2.45) is 5.92 Å². The number of aryl methyl sites for hydroxylation is 1. The summed E-state index contributed by atoms with van der Waals surface area (Å²) in [5, 5.41) is 7.64. The van der Waals surface area contributed by atoms with Crippen molar-refractivity contribution in [2.75, 3.05) is 18.9 Å². The standard InChI is InChI=1S/C27H36N4OS/c1-5-20-9-11-21(12-10-20)28-27(32)29-23(13-8-19(2)3)25-22-14-17-30(4)18-24(22)33-26(25)31-15-6-7-16-31/h6-7,9-12,15-16,19,23H,5,8,13-14,17-18H2,1-4H3,(H2,28,29,32)/t23-/m0/s1. The summed E-state index contributed by atoms with van der Waals surface area (Å²) in [6, 6.07) is 12.1. The Kier molecular flexibility index (Phi) is 7.56. The molecule has 0 fully saturated rings. The summed E-state index contributed by atoms with van der Waals surface area (Å²) in [6.07, 6.45) is 8.22. The van der Waals surface area contributed by atoms with Gasteiger partial charge in [0.15, 0.2) is 0 Å². The Balaban J connectivity index is 1.64. The topological polar surface area (TPSA) is 49.3 Å². The highest BCUT2D eigenvalue weighted by atomic mass is 32.1. The number of hydrogen-bond acceptors (Lipinski definition) is 3. The summed E-state index contributed by atoms with van der Waals surface area (Å²) in [4.78, 5) is 16.9. The van der Waals surface area contributed by atoms with Crippen LogP contribution in [0, 0.1) is 5.92 Å². The molecule has 4 rings (SSSR count). The second kappa shape index (κ2) is 10.6. The molecule has 5 nitrogen and oxygen atoms in total. The molecule has 3 heterocycles. The van der Waals surface area contributed by atoms with Crippen molar-refractivity contribution in [3.8, 4) is 5.00 Å². The van der Waals surface area contributed by atoms with E-state index in [1.807, 2.05) is 23.5 Å². The number of nitrogens with one attached hydrogen (secondary N) is 2. The summed E-state index contributed by atoms with van der Waals surface area (Å²) in [5.41, 5.74) is 4.83. The van der Waals surface area contributed by atoms with Gasteiger partial charge in [-0.05, 0) is 74.0 Å². The number of nitrogens with zero attached hydrogens (tertiary/aromatic N) is 2. The summed E-state index contributed by atoms with van der Waals surface area (Å²) in [5.74, 6) is 0.578. The van der Waals surface area contributed by atoms with Crippen LogP contribution in [0.2, 0.25) is 0 Å². The predicted molar refractivity (Wildman–Crippen MR) is 138 cm³/mol. The number of fused-ring (bicyclic) bond motifs is 1. The zero-order chi connectivity index (χ0) is 23.4. The first-order valence-electron chi connectivity index (χ1n) is 12.1. The second-order valence-electron chi connectivity index (χ2n) is 9.47. The molecule has 1 aliphatic heterocycles. The molecule has 2 N–H and O–H groups in total. The molecule has 33 heavy (non-hydrogen) atoms. The van der Waals surface area contributed by atoms with Crippen molar-refractivity contribution in [3.05, 3.63) is 70.4 Å². The molecule has 0 aliphatic carbocycles. The fourth-order valence-electron chi connectivity index (χ4n) is 4.50. The fourth-order valence-corrected chi connectivity index (χ4v) is 5.96. The third-order valence-electron chi connectivity index (χ3n) is 6.41. The van der Waals surface area contributed by atoms with E-state index < -0.39 is 0 Å². The third kappa shape index (κ3) is 5.68. The maximum absolute atomic E-state index is 13.1. The predicted octanol–water partition coefficient (Wildman–Crippen LogP) is 6.39. The fraction of sp³-hybridized carbons (Fsp3) is 0.444. The van der Waals surface area contributed by atoms with Crippen LogP contribution in [-0.2, 0) is 19.4 Å². The van der Waals surface area contributed by atoms with Crippen LogP contribution in [0.1, 0.15) is 61.2 Å². The zero-order valence-corrected chi connectivity index (χ0v) is 21.0. The quantitative estimate of drug-likeness (QED) is 0.406. The van der Waals surface area contributed by atoms with Crippen molar-refractivity contribution < 1.29 is 4.79 Å². The Bertz CT molecular complexity index is 1050. The molecule has 176 valence electrons. The van der Waals surface area contributed by atoms with Crippen molar-refractivity contribution in [3.63, 3.8) is 0 Å². The van der Waals surface area contributed by atoms with Gasteiger partial charge in [0.1, 0.15) is 5.00 Å². The minimum atomic E-state index is -0.140. The molecule has 1 aromatic carbocycles. The molecule has 2 amide bonds. The van der Waals surface area contributed by atoms with Crippen molar-refractivity contribution in [2.45, 2.75) is 59.0 Å². The molecular formula is C27H36N4OS. The number of aromatic nitrogens is 1. The number of thiophene rings is 1. The van der Waals surface area contributed by atoms with E-state index >= 15 is 0 Å². The van der Waals surface area contributed by atoms with Gasteiger partial charge in [-0.3, -0.25) is 0 Å². The number of amides is 2. The normalized spacial score (nSPS) is 14.8. The minimum Gasteiger partial charge on any atom is -0.331 e. The van der Waals surface area contributed by atoms with Crippen LogP contribution in [0.4, 0.5) is 10.5 Å². The van der Waals surface area contributed by atoms with Crippen LogP contribution in [0.5, 0.6) is 0 Å². The number of carbonyl (C=O) groups is 1. The molecule has 0 spiro atoms. The third-order valence-corrected chi connectivity index (χ3v) is 7.66. The Morgan fingerprint density at radius 3 is 2.52 bits per heavy atom. The van der Waals surface area contributed by atoms with Gasteiger partial charge in [0.2, 0.25) is 0 Å². The first kappa shape index (κ1) is 23.6. The van der Waals surface area contributed by atoms with Crippen LogP contribution in [-0.4, -0.2) is 29.1 Å². The number of urea groups is 1. The van der Waals surface area contributed by atoms with E-state index in [9.17, 15) is 4.79 Å². The molecule has 0 unspecified atom stereocenters. The van der Waals surface area contributed by atoms with Gasteiger partial charge in [-0.25, -0.2) is 4.79 Å². The lowest BCUT2D eigenvalue weighted by atomic mass is 9.92. The van der Waals surface area contributed by atoms with Gasteiger partial charge in [-0.2, -0.15) is 0 Å². The maximum Gasteiger partial charge on any atom is 0.319 e. The van der Waals surface area contributed by atoms with E-state index in [1.54, 1.807) is 0 Å². The van der Waals surface area contributed by atoms with Crippen LogP contribution < -0.4 is 10.6 Å². The van der Waals surface area contributed by atoms with Gasteiger partial charge < -0.3 is 20.1 Å². The summed E-state index contributed by atoms with van der Waals surface area (Å²) < 4.78 is 2.21. The highest BCUT2D eigenvalue weighted by Gasteiger charge is 2.29. The van der Waals surface area contributed by atoms with Crippen molar-refractivity contribution >= 4 is 23.1 Å². The molecule has 6 heteroatoms. The van der Waals surface area contributed by atoms with E-state index in [0.29, 0.717) is 5.92 Å². The SMILES string of the molecule is CCc1ccc(NC(=O)N[C@@H](CCC(C)C)c2c(-n3cccc3)sc3c2CCN(C)C3)cc1. The number of anilines is 1. The maximum atomic E-state index is 13.1. The summed E-state index contributed by atoms with van der Waals surface area (Å²) in [6.45, 7) is 8.65. The van der Waals surface area contributed by atoms with Gasteiger partial charge in [0.05, 0.1) is 6.04 Å². The molecular weight excluding hydrogens is 428 g/mol. The first-order valence-corrected chi connectivity index (χ1v) is 12.9. The molecule has 0 saturated heterocycles. The average Bonchev–Trinajstić information content (AvgIpc) is 3.44. The zero-order valence-electron chi connectivity index (χ0n) is 20.2. The molecule has 0 saturated carbocycles. The van der Waals surface area contributed by atoms with E-state index in [4.69, 9.17) is 0 Å². The molecule has 1 atom stereocenters. The molecule has 3 aromatic rings. The monoisotopic (exact) mass is 464 g/mol. The van der Waals surface area contributed by atoms with E-state index in [1.165, 1.54) is 26.6 Å². The number of likely N-dealkylation sites (N-methyl/N-ethyl adjacent to an activating group) is 1. The lowest BCUT2D eigenvalue weighted by molar-refractivity contribution is 0.247. The smallest absolute Gasteiger partial charge is 0.319 e. The molecule has 1 aliphatic rings. The summed E-state index contributed by atoms with van der Waals surface area (Å²) >= 11 is 1.87. The Morgan fingerprint density at radius 2 is 1.85 bits per heavy atom. The van der Waals surface area contributed by atoms with E-state index in [-0.39, 0.29) is 12.1 Å². The first-order chi connectivity index (χ1) is 15.9. The van der Waals surface area contributed by atoms with E-state index in [0.717, 1.165) is 44.5 Å². The van der Waals surface area contributed by atoms with Crippen molar-refractivity contribution in [1.29, 1.82) is 0 Å². The van der Waals surface area contributed by atoms with Crippen molar-refractivity contribution in [1.82, 2.24) is 14.8 Å². The Hall–Kier alpha value is -2.57. The van der Waals surface area contributed by atoms with Crippen LogP contribution >= 0.6 is 11.3 Å². The van der Waals surface area contributed by atoms with Gasteiger partial charge in [0, 0.05) is 41.6 Å². The van der Waals surface area contributed by atoms with Crippen LogP contribution in [0.25, 0.3) is 5.00 Å². The molecule has 0 radical (unpaired) electrons. The van der Waals surface area contributed by atoms with Crippen LogP contribution in [0.3, 0.4) is 0 Å². The highest BCUT2D eigenvalue weighted by molar-refractivity contribution is 7.15. The van der Waals surface area contributed by atoms with Gasteiger partial charge in [-0.15, -0.1) is 11.3 Å². The van der Waals surface area contributed by atoms with Crippen LogP contribution in [0.15, 0.2) is 48.8 Å². The van der Waals surface area contributed by atoms with Gasteiger partial charge in [0.25, 0.3) is 0 Å². The highest BCUT2D eigenvalue weighted by Crippen LogP contribution is 2.40. The second-order valence-corrected chi connectivity index (χ2v) is 10.6. The largest absolute Gasteiger partial charge is 0.331 e. The Morgan fingerprint density at radius 1 is 1.12 bits per heavy atom. The number of hydrogen-bond donors (Lipinski definition) is 2. The lowest BCUT2D eigenvalue weighted by Crippen LogP contribution is -2.34. The number of benzene rings is 1. The number of rotatable bonds is 8. The number of carbonyl (C=O) groups excluding carboxylic acids is 1. The lowest BCUT2D eigenvalue weighted by Gasteiger charge is -2.26. The van der Waals surface area contributed by atoms with Gasteiger partial charge in [-0.1, -0.05) is 32.9 Å². The summed E-state index contributed by atoms with van der Waals surface area (Å²) in [7, 11) is 2.18. The minimum absolute atomic E-state index is 0.0249. The van der Waals surface area contributed by atoms with E-state index in [2.05, 4.69) is 84.6 Å². The molecule has 2 aromatic heterocycles.